The Kier molecular flexibility index (Phi) is 8.00. The number of nitrogens with zero attached hydrogens (tertiary/aromatic N) is 3. The maximum Gasteiger partial charge on any atom is 0.341 e. The molecule has 2 aromatic carbocycles. The number of carbonyl (C=O) groups is 1. The van der Waals surface area contributed by atoms with Crippen molar-refractivity contribution in [2.45, 2.75) is 83.1 Å². The van der Waals surface area contributed by atoms with Gasteiger partial charge in [0, 0.05) is 43.8 Å². The van der Waals surface area contributed by atoms with Crippen molar-refractivity contribution in [3.8, 4) is 0 Å². The lowest BCUT2D eigenvalue weighted by atomic mass is 9.89. The molecule has 0 atom stereocenters. The number of carboxylic acids is 1. The molecule has 0 radical (unpaired) electrons. The van der Waals surface area contributed by atoms with Gasteiger partial charge in [0.2, 0.25) is 15.5 Å². The number of fused-ring (bicyclic) bond motifs is 1. The smallest absolute Gasteiger partial charge is 0.341 e. The van der Waals surface area contributed by atoms with E-state index in [1.54, 1.807) is 10.6 Å². The van der Waals surface area contributed by atoms with Crippen molar-refractivity contribution in [2.24, 2.45) is 0 Å². The van der Waals surface area contributed by atoms with E-state index >= 15 is 4.39 Å². The Bertz CT molecular complexity index is 1690. The van der Waals surface area contributed by atoms with Crippen LogP contribution in [0, 0.1) is 5.82 Å². The number of pyridine rings is 1. The lowest BCUT2D eigenvalue weighted by Crippen LogP contribution is -2.49. The molecule has 0 spiro atoms. The summed E-state index contributed by atoms with van der Waals surface area (Å²) in [5, 5.41) is 9.55. The van der Waals surface area contributed by atoms with Gasteiger partial charge in [-0.2, -0.15) is 4.31 Å². The van der Waals surface area contributed by atoms with Gasteiger partial charge in [0.1, 0.15) is 11.4 Å². The molecule has 0 unspecified atom stereocenters. The molecule has 8 nitrogen and oxygen atoms in total. The third-order valence-corrected chi connectivity index (χ3v) is 10.6. The second kappa shape index (κ2) is 11.1. The number of aromatic carboxylic acids is 1. The third-order valence-electron chi connectivity index (χ3n) is 8.53. The molecule has 226 valence electrons. The normalized spacial score (nSPS) is 16.8. The topological polar surface area (TPSA) is 99.9 Å². The van der Waals surface area contributed by atoms with Crippen LogP contribution in [-0.4, -0.2) is 54.5 Å². The Labute approximate surface area is 246 Å². The molecule has 1 aliphatic carbocycles. The number of halogens is 1. The van der Waals surface area contributed by atoms with Gasteiger partial charge in [0.25, 0.3) is 0 Å². The van der Waals surface area contributed by atoms with Gasteiger partial charge in [-0.15, -0.1) is 0 Å². The summed E-state index contributed by atoms with van der Waals surface area (Å²) in [6.45, 7) is 13.2. The summed E-state index contributed by atoms with van der Waals surface area (Å²) in [5.41, 5.74) is 2.47. The zero-order valence-corrected chi connectivity index (χ0v) is 26.0. The first-order chi connectivity index (χ1) is 19.7. The molecule has 0 bridgehead atoms. The molecular formula is C32H40FN3O5S. The highest BCUT2D eigenvalue weighted by Gasteiger charge is 2.35. The molecule has 5 rings (SSSR count). The summed E-state index contributed by atoms with van der Waals surface area (Å²) in [6.07, 6.45) is 3.07. The van der Waals surface area contributed by atoms with Gasteiger partial charge in [-0.1, -0.05) is 53.7 Å². The van der Waals surface area contributed by atoms with Crippen LogP contribution >= 0.6 is 0 Å². The fraction of sp³-hybridized carbons (Fsp3) is 0.500. The summed E-state index contributed by atoms with van der Waals surface area (Å²) < 4.78 is 47.2. The molecule has 10 heteroatoms. The molecule has 1 N–H and O–H groups in total. The number of anilines is 1. The molecule has 3 aromatic rings. The maximum absolute atomic E-state index is 15.5. The molecule has 1 aromatic heterocycles. The SMILES string of the molecule is CC(C)c1cc(C(C)C)c(S(=O)(=O)N2CCN(c3cc4c(cc3F)c(=O)c(C(=O)O)cn4C3CC3)CC2)c(C(C)C)c1. The number of benzene rings is 2. The van der Waals surface area contributed by atoms with Gasteiger partial charge >= 0.3 is 5.97 Å². The van der Waals surface area contributed by atoms with E-state index in [4.69, 9.17) is 0 Å². The van der Waals surface area contributed by atoms with Crippen molar-refractivity contribution < 1.29 is 22.7 Å². The molecule has 2 aliphatic rings. The maximum atomic E-state index is 15.5. The summed E-state index contributed by atoms with van der Waals surface area (Å²) in [6, 6.07) is 6.87. The van der Waals surface area contributed by atoms with Crippen LogP contribution in [0.5, 0.6) is 0 Å². The Morgan fingerprint density at radius 2 is 1.48 bits per heavy atom. The molecule has 2 fully saturated rings. The third kappa shape index (κ3) is 5.35. The van der Waals surface area contributed by atoms with E-state index in [0.717, 1.165) is 35.6 Å². The van der Waals surface area contributed by atoms with Gasteiger partial charge in [-0.05, 0) is 59.4 Å². The molecule has 1 aliphatic heterocycles. The van der Waals surface area contributed by atoms with E-state index in [1.807, 2.05) is 44.7 Å². The van der Waals surface area contributed by atoms with Crippen molar-refractivity contribution in [1.29, 1.82) is 0 Å². The Morgan fingerprint density at radius 1 is 0.905 bits per heavy atom. The van der Waals surface area contributed by atoms with Crippen molar-refractivity contribution in [3.63, 3.8) is 0 Å². The van der Waals surface area contributed by atoms with E-state index in [2.05, 4.69) is 13.8 Å². The van der Waals surface area contributed by atoms with Crippen LogP contribution in [0.4, 0.5) is 10.1 Å². The van der Waals surface area contributed by atoms with Crippen molar-refractivity contribution in [2.75, 3.05) is 31.1 Å². The van der Waals surface area contributed by atoms with Gasteiger partial charge in [-0.25, -0.2) is 17.6 Å². The van der Waals surface area contributed by atoms with E-state index in [0.29, 0.717) is 10.4 Å². The Balaban J connectivity index is 1.49. The van der Waals surface area contributed by atoms with Crippen molar-refractivity contribution >= 4 is 32.6 Å². The molecular weight excluding hydrogens is 557 g/mol. The minimum Gasteiger partial charge on any atom is -0.477 e. The minimum atomic E-state index is -3.82. The summed E-state index contributed by atoms with van der Waals surface area (Å²) in [4.78, 5) is 26.7. The summed E-state index contributed by atoms with van der Waals surface area (Å²) >= 11 is 0. The van der Waals surface area contributed by atoms with E-state index < -0.39 is 27.2 Å². The first-order valence-corrected chi connectivity index (χ1v) is 16.2. The quantitative estimate of drug-likeness (QED) is 0.339. The largest absolute Gasteiger partial charge is 0.477 e. The number of hydrogen-bond donors (Lipinski definition) is 1. The summed E-state index contributed by atoms with van der Waals surface area (Å²) in [7, 11) is -3.82. The predicted molar refractivity (Wildman–Crippen MR) is 163 cm³/mol. The van der Waals surface area contributed by atoms with Crippen molar-refractivity contribution in [3.05, 3.63) is 68.8 Å². The fourth-order valence-corrected chi connectivity index (χ4v) is 7.98. The van der Waals surface area contributed by atoms with Gasteiger partial charge in [-0.3, -0.25) is 4.79 Å². The van der Waals surface area contributed by atoms with Crippen LogP contribution in [0.15, 0.2) is 40.2 Å². The average molecular weight is 598 g/mol. The molecule has 1 saturated heterocycles. The predicted octanol–water partition coefficient (Wildman–Crippen LogP) is 6.05. The number of rotatable bonds is 8. The van der Waals surface area contributed by atoms with Crippen LogP contribution in [0.3, 0.4) is 0 Å². The van der Waals surface area contributed by atoms with E-state index in [9.17, 15) is 23.1 Å². The van der Waals surface area contributed by atoms with Crippen LogP contribution < -0.4 is 10.3 Å². The van der Waals surface area contributed by atoms with Crippen LogP contribution in [-0.2, 0) is 10.0 Å². The zero-order chi connectivity index (χ0) is 30.7. The minimum absolute atomic E-state index is 0.0182. The van der Waals surface area contributed by atoms with E-state index in [-0.39, 0.29) is 66.6 Å². The second-order valence-electron chi connectivity index (χ2n) is 12.5. The lowest BCUT2D eigenvalue weighted by molar-refractivity contribution is 0.0694. The monoisotopic (exact) mass is 597 g/mol. The molecule has 1 saturated carbocycles. The Hall–Kier alpha value is -3.24. The highest BCUT2D eigenvalue weighted by Crippen LogP contribution is 2.39. The van der Waals surface area contributed by atoms with Crippen molar-refractivity contribution in [1.82, 2.24) is 8.87 Å². The molecule has 2 heterocycles. The number of carboxylic acid groups (broad SMARTS) is 1. The first kappa shape index (κ1) is 30.2. The van der Waals surface area contributed by atoms with Gasteiger partial charge in [0.05, 0.1) is 16.1 Å². The second-order valence-corrected chi connectivity index (χ2v) is 14.4. The highest BCUT2D eigenvalue weighted by molar-refractivity contribution is 7.89. The van der Waals surface area contributed by atoms with Gasteiger partial charge in [0.15, 0.2) is 0 Å². The van der Waals surface area contributed by atoms with Crippen LogP contribution in [0.2, 0.25) is 0 Å². The lowest BCUT2D eigenvalue weighted by Gasteiger charge is -2.36. The van der Waals surface area contributed by atoms with Gasteiger partial charge < -0.3 is 14.6 Å². The Morgan fingerprint density at radius 3 is 1.95 bits per heavy atom. The zero-order valence-electron chi connectivity index (χ0n) is 25.1. The average Bonchev–Trinajstić information content (AvgIpc) is 3.77. The number of sulfonamides is 1. The number of aromatic nitrogens is 1. The van der Waals surface area contributed by atoms with Crippen LogP contribution in [0.25, 0.3) is 10.9 Å². The first-order valence-electron chi connectivity index (χ1n) is 14.8. The molecule has 42 heavy (non-hydrogen) atoms. The fourth-order valence-electron chi connectivity index (χ4n) is 5.89. The number of hydrogen-bond acceptors (Lipinski definition) is 5. The highest BCUT2D eigenvalue weighted by atomic mass is 32.2. The number of piperazine rings is 1. The van der Waals surface area contributed by atoms with E-state index in [1.165, 1.54) is 10.5 Å². The van der Waals surface area contributed by atoms with Crippen LogP contribution in [0.1, 0.15) is 105 Å². The summed E-state index contributed by atoms with van der Waals surface area (Å²) in [5.74, 6) is -1.66. The molecule has 0 amide bonds. The standard InChI is InChI=1S/C32H40FN3O5S/c1-18(2)21-13-23(19(3)4)31(24(14-21)20(5)6)42(40,41)35-11-9-34(10-12-35)29-16-28-25(15-27(29)33)30(37)26(32(38)39)17-36(28)22-7-8-22/h13-20,22H,7-12H2,1-6H3,(H,38,39).